The van der Waals surface area contributed by atoms with Crippen molar-refractivity contribution in [2.24, 2.45) is 5.92 Å². The second-order valence-electron chi connectivity index (χ2n) is 7.81. The van der Waals surface area contributed by atoms with E-state index in [1.165, 1.54) is 12.0 Å². The van der Waals surface area contributed by atoms with Crippen LogP contribution < -0.4 is 4.74 Å². The van der Waals surface area contributed by atoms with Crippen molar-refractivity contribution < 1.29 is 42.2 Å². The van der Waals surface area contributed by atoms with E-state index in [1.807, 2.05) is 12.1 Å². The number of hydrogen-bond acceptors (Lipinski definition) is 3. The van der Waals surface area contributed by atoms with E-state index in [1.54, 1.807) is 32.0 Å². The van der Waals surface area contributed by atoms with Gasteiger partial charge in [-0.3, -0.25) is 5.26 Å². The summed E-state index contributed by atoms with van der Waals surface area (Å²) in [7, 11) is 0. The Hall–Kier alpha value is -2.28. The molecule has 0 heterocycles. The third-order valence-corrected chi connectivity index (χ3v) is 5.43. The zero-order valence-corrected chi connectivity index (χ0v) is 21.4. The second kappa shape index (κ2) is 11.4. The molecule has 1 atom stereocenters. The number of benzene rings is 3. The molecule has 0 saturated carbocycles. The van der Waals surface area contributed by atoms with Crippen molar-refractivity contribution in [1.82, 2.24) is 0 Å². The Labute approximate surface area is 210 Å². The molecular weight excluding hydrogens is 459 g/mol. The molecule has 0 fully saturated rings. The number of carbonyl (C=O) groups is 1. The van der Waals surface area contributed by atoms with Crippen LogP contribution in [0.2, 0.25) is 0 Å². The minimum atomic E-state index is -0.425. The van der Waals surface area contributed by atoms with E-state index in [2.05, 4.69) is 50.2 Å². The summed E-state index contributed by atoms with van der Waals surface area (Å²) in [5.41, 5.74) is 5.84. The van der Waals surface area contributed by atoms with E-state index < -0.39 is 5.97 Å². The Morgan fingerprint density at radius 3 is 2.19 bits per heavy atom. The summed E-state index contributed by atoms with van der Waals surface area (Å²) in [5, 5.41) is 9.09. The van der Waals surface area contributed by atoms with Crippen LogP contribution in [0.4, 0.5) is 0 Å². The van der Waals surface area contributed by atoms with Gasteiger partial charge in [-0.05, 0) is 47.2 Å². The van der Waals surface area contributed by atoms with Gasteiger partial charge in [0.2, 0.25) is 0 Å². The monoisotopic (exact) mass is 485 g/mol. The Morgan fingerprint density at radius 2 is 1.65 bits per heavy atom. The van der Waals surface area contributed by atoms with Crippen LogP contribution >= 0.6 is 0 Å². The summed E-state index contributed by atoms with van der Waals surface area (Å²) in [5.74, 6) is 0.686. The first-order valence-corrected chi connectivity index (χ1v) is 10.3. The van der Waals surface area contributed by atoms with E-state index in [0.29, 0.717) is 28.4 Å². The first-order valence-electron chi connectivity index (χ1n) is 10.3. The SMILES string of the molecule is CCC(C)Cc1ccc(-c2ccc(C(=O)Oc3cc(C)c(C#N)[c-]c3C)cc2)cc1.[Y]. The Morgan fingerprint density at radius 1 is 1.06 bits per heavy atom. The third-order valence-electron chi connectivity index (χ3n) is 5.43. The average Bonchev–Trinajstić information content (AvgIpc) is 2.76. The van der Waals surface area contributed by atoms with E-state index in [-0.39, 0.29) is 32.7 Å². The molecule has 0 saturated heterocycles. The van der Waals surface area contributed by atoms with Crippen molar-refractivity contribution in [3.8, 4) is 22.9 Å². The minimum absolute atomic E-state index is 0. The molecule has 0 N–H and O–H groups in total. The number of aryl methyl sites for hydroxylation is 2. The molecule has 0 spiro atoms. The van der Waals surface area contributed by atoms with Crippen LogP contribution in [-0.4, -0.2) is 5.97 Å². The van der Waals surface area contributed by atoms with Gasteiger partial charge < -0.3 is 4.74 Å². The van der Waals surface area contributed by atoms with E-state index in [9.17, 15) is 4.79 Å². The molecule has 3 aromatic carbocycles. The van der Waals surface area contributed by atoms with Crippen molar-refractivity contribution in [1.29, 1.82) is 5.26 Å². The largest absolute Gasteiger partial charge is 0.471 e. The van der Waals surface area contributed by atoms with Crippen LogP contribution in [0, 0.1) is 37.2 Å². The molecule has 155 valence electrons. The van der Waals surface area contributed by atoms with Crippen molar-refractivity contribution in [3.05, 3.63) is 88.5 Å². The van der Waals surface area contributed by atoms with Gasteiger partial charge in [0.1, 0.15) is 0 Å². The predicted octanol–water partition coefficient (Wildman–Crippen LogP) is 6.45. The van der Waals surface area contributed by atoms with Crippen molar-refractivity contribution in [2.45, 2.75) is 40.5 Å². The summed E-state index contributed by atoms with van der Waals surface area (Å²) >= 11 is 0. The zero-order valence-electron chi connectivity index (χ0n) is 18.5. The summed E-state index contributed by atoms with van der Waals surface area (Å²) < 4.78 is 5.54. The van der Waals surface area contributed by atoms with Crippen LogP contribution in [0.1, 0.15) is 52.9 Å². The number of ether oxygens (including phenoxy) is 1. The van der Waals surface area contributed by atoms with E-state index >= 15 is 0 Å². The van der Waals surface area contributed by atoms with Gasteiger partial charge in [0.25, 0.3) is 0 Å². The molecule has 1 unspecified atom stereocenters. The van der Waals surface area contributed by atoms with Crippen LogP contribution in [0.15, 0.2) is 54.6 Å². The van der Waals surface area contributed by atoms with Crippen LogP contribution in [-0.2, 0) is 39.1 Å². The van der Waals surface area contributed by atoms with Crippen LogP contribution in [0.3, 0.4) is 0 Å². The maximum absolute atomic E-state index is 12.6. The molecule has 3 rings (SSSR count). The van der Waals surface area contributed by atoms with Gasteiger partial charge in [0.15, 0.2) is 0 Å². The Kier molecular flexibility index (Phi) is 9.17. The second-order valence-corrected chi connectivity index (χ2v) is 7.81. The van der Waals surface area contributed by atoms with Gasteiger partial charge in [0, 0.05) is 32.7 Å². The molecule has 4 heteroatoms. The molecule has 0 bridgehead atoms. The maximum atomic E-state index is 12.6. The Bertz CT molecular complexity index is 1080. The van der Waals surface area contributed by atoms with Gasteiger partial charge in [-0.15, -0.1) is 11.6 Å². The fourth-order valence-corrected chi connectivity index (χ4v) is 3.28. The quantitative estimate of drug-likeness (QED) is 0.229. The number of nitrogens with zero attached hydrogens (tertiary/aromatic N) is 1. The van der Waals surface area contributed by atoms with E-state index in [4.69, 9.17) is 10.00 Å². The predicted molar refractivity (Wildman–Crippen MR) is 119 cm³/mol. The summed E-state index contributed by atoms with van der Waals surface area (Å²) in [6, 6.07) is 22.8. The fraction of sp³-hybridized carbons (Fsp3) is 0.259. The molecule has 3 nitrogen and oxygen atoms in total. The van der Waals surface area contributed by atoms with Crippen LogP contribution in [0.25, 0.3) is 11.1 Å². The van der Waals surface area contributed by atoms with Gasteiger partial charge >= 0.3 is 5.97 Å². The summed E-state index contributed by atoms with van der Waals surface area (Å²) in [6.07, 6.45) is 2.27. The maximum Gasteiger partial charge on any atom is 0.334 e. The normalized spacial score (nSPS) is 11.2. The standard InChI is InChI=1S/C27H26NO2.Y/c1-5-18(2)14-21-6-8-22(9-7-21)23-10-12-24(13-11-23)27(29)30-26-16-19(3)25(17-28)15-20(26)4;/h6-13,16,18H,5,14H2,1-4H3;/q-1;. The average molecular weight is 485 g/mol. The van der Waals surface area contributed by atoms with Gasteiger partial charge in [0.05, 0.1) is 11.3 Å². The fourth-order valence-electron chi connectivity index (χ4n) is 3.28. The van der Waals surface area contributed by atoms with Gasteiger partial charge in [-0.1, -0.05) is 87.7 Å². The topological polar surface area (TPSA) is 50.1 Å². The molecular formula is C27H26NO2Y-. The van der Waals surface area contributed by atoms with Crippen molar-refractivity contribution >= 4 is 5.97 Å². The zero-order chi connectivity index (χ0) is 21.7. The smallest absolute Gasteiger partial charge is 0.334 e. The molecule has 3 aromatic rings. The summed E-state index contributed by atoms with van der Waals surface area (Å²) in [4.78, 5) is 12.6. The number of nitriles is 1. The number of esters is 1. The number of hydrogen-bond donors (Lipinski definition) is 0. The molecule has 0 aliphatic rings. The Balaban J connectivity index is 0.00000341. The number of rotatable bonds is 6. The first-order chi connectivity index (χ1) is 14.4. The van der Waals surface area contributed by atoms with E-state index in [0.717, 1.165) is 23.1 Å². The van der Waals surface area contributed by atoms with Crippen molar-refractivity contribution in [2.75, 3.05) is 0 Å². The molecule has 0 aliphatic heterocycles. The van der Waals surface area contributed by atoms with Crippen LogP contribution in [0.5, 0.6) is 5.75 Å². The van der Waals surface area contributed by atoms with Gasteiger partial charge in [-0.25, -0.2) is 4.79 Å². The molecule has 0 amide bonds. The minimum Gasteiger partial charge on any atom is -0.471 e. The summed E-state index contributed by atoms with van der Waals surface area (Å²) in [6.45, 7) is 8.06. The molecule has 1 radical (unpaired) electrons. The molecule has 0 aromatic heterocycles. The number of carbonyl (C=O) groups excluding carboxylic acids is 1. The van der Waals surface area contributed by atoms with Gasteiger partial charge in [-0.2, -0.15) is 0 Å². The third kappa shape index (κ3) is 6.36. The molecule has 31 heavy (non-hydrogen) atoms. The molecule has 0 aliphatic carbocycles. The first kappa shape index (κ1) is 25.0. The van der Waals surface area contributed by atoms with Crippen molar-refractivity contribution in [3.63, 3.8) is 0 Å².